The Hall–Kier alpha value is -1.32. The molecule has 2 rings (SSSR count). The van der Waals surface area contributed by atoms with Crippen molar-refractivity contribution in [2.24, 2.45) is 0 Å². The normalized spacial score (nSPS) is 13.3. The molecule has 0 aliphatic heterocycles. The number of hydrogen-bond acceptors (Lipinski definition) is 2. The number of rotatable bonds is 6. The lowest BCUT2D eigenvalue weighted by Gasteiger charge is -2.20. The third kappa shape index (κ3) is 3.34. The quantitative estimate of drug-likeness (QED) is 0.819. The molecule has 0 bridgehead atoms. The van der Waals surface area contributed by atoms with Crippen LogP contribution in [-0.4, -0.2) is 36.1 Å². The number of hydrogen-bond donors (Lipinski definition) is 2. The largest absolute Gasteiger partial charge is 0.357 e. The van der Waals surface area contributed by atoms with Crippen LogP contribution in [0.4, 0.5) is 0 Å². The van der Waals surface area contributed by atoms with Crippen LogP contribution < -0.4 is 5.32 Å². The van der Waals surface area contributed by atoms with Crippen molar-refractivity contribution in [3.05, 3.63) is 36.0 Å². The highest BCUT2D eigenvalue weighted by atomic mass is 15.1. The lowest BCUT2D eigenvalue weighted by atomic mass is 10.2. The molecular weight excluding hydrogens is 222 g/mol. The van der Waals surface area contributed by atoms with Crippen molar-refractivity contribution >= 4 is 10.9 Å². The van der Waals surface area contributed by atoms with Crippen molar-refractivity contribution in [2.45, 2.75) is 26.4 Å². The van der Waals surface area contributed by atoms with Gasteiger partial charge in [-0.15, -0.1) is 0 Å². The molecule has 1 atom stereocenters. The number of H-pyrrole nitrogens is 1. The lowest BCUT2D eigenvalue weighted by Crippen LogP contribution is -2.36. The number of nitrogens with zero attached hydrogens (tertiary/aromatic N) is 1. The zero-order chi connectivity index (χ0) is 13.0. The van der Waals surface area contributed by atoms with Gasteiger partial charge in [-0.25, -0.2) is 0 Å². The first-order valence-electron chi connectivity index (χ1n) is 6.67. The van der Waals surface area contributed by atoms with E-state index in [9.17, 15) is 0 Å². The second-order valence-corrected chi connectivity index (χ2v) is 5.02. The number of aromatic nitrogens is 1. The summed E-state index contributed by atoms with van der Waals surface area (Å²) in [6.07, 6.45) is 0. The number of likely N-dealkylation sites (N-methyl/N-ethyl adjacent to an activating group) is 1. The van der Waals surface area contributed by atoms with E-state index in [1.165, 1.54) is 16.6 Å². The minimum absolute atomic E-state index is 0.501. The molecule has 3 nitrogen and oxygen atoms in total. The first-order valence-corrected chi connectivity index (χ1v) is 6.67. The molecule has 2 aromatic rings. The Kier molecular flexibility index (Phi) is 4.39. The predicted molar refractivity (Wildman–Crippen MR) is 77.8 cm³/mol. The minimum Gasteiger partial charge on any atom is -0.357 e. The molecule has 98 valence electrons. The first kappa shape index (κ1) is 13.1. The summed E-state index contributed by atoms with van der Waals surface area (Å²) in [5, 5.41) is 4.84. The van der Waals surface area contributed by atoms with E-state index >= 15 is 0 Å². The monoisotopic (exact) mass is 245 g/mol. The third-order valence-electron chi connectivity index (χ3n) is 3.35. The van der Waals surface area contributed by atoms with Crippen LogP contribution in [0.25, 0.3) is 10.9 Å². The average Bonchev–Trinajstić information content (AvgIpc) is 2.79. The number of para-hydroxylation sites is 1. The van der Waals surface area contributed by atoms with Crippen LogP contribution in [0, 0.1) is 0 Å². The number of nitrogens with one attached hydrogen (secondary N) is 2. The molecule has 2 N–H and O–H groups in total. The SMILES string of the molecule is CCN(C)CC(C)NCc1cc2ccccc2[nH]1. The molecular formula is C15H23N3. The van der Waals surface area contributed by atoms with Crippen LogP contribution in [0.5, 0.6) is 0 Å². The van der Waals surface area contributed by atoms with E-state index in [-0.39, 0.29) is 0 Å². The second-order valence-electron chi connectivity index (χ2n) is 5.02. The van der Waals surface area contributed by atoms with Crippen LogP contribution in [0.1, 0.15) is 19.5 Å². The van der Waals surface area contributed by atoms with Gasteiger partial charge in [0.25, 0.3) is 0 Å². The number of fused-ring (bicyclic) bond motifs is 1. The summed E-state index contributed by atoms with van der Waals surface area (Å²) in [7, 11) is 2.15. The van der Waals surface area contributed by atoms with Crippen molar-refractivity contribution in [2.75, 3.05) is 20.1 Å². The summed E-state index contributed by atoms with van der Waals surface area (Å²) in [5.74, 6) is 0. The van der Waals surface area contributed by atoms with Gasteiger partial charge in [0.15, 0.2) is 0 Å². The van der Waals surface area contributed by atoms with Gasteiger partial charge in [0.2, 0.25) is 0 Å². The van der Waals surface area contributed by atoms with Crippen molar-refractivity contribution in [1.29, 1.82) is 0 Å². The molecule has 0 fully saturated rings. The number of benzene rings is 1. The van der Waals surface area contributed by atoms with Gasteiger partial charge >= 0.3 is 0 Å². The van der Waals surface area contributed by atoms with Crippen LogP contribution in [-0.2, 0) is 6.54 Å². The fourth-order valence-electron chi connectivity index (χ4n) is 2.17. The maximum absolute atomic E-state index is 3.55. The molecule has 0 saturated carbocycles. The molecule has 1 unspecified atom stereocenters. The van der Waals surface area contributed by atoms with E-state index in [4.69, 9.17) is 0 Å². The Labute approximate surface area is 109 Å². The highest BCUT2D eigenvalue weighted by molar-refractivity contribution is 5.80. The van der Waals surface area contributed by atoms with Crippen molar-refractivity contribution in [1.82, 2.24) is 15.2 Å². The van der Waals surface area contributed by atoms with Crippen LogP contribution >= 0.6 is 0 Å². The molecule has 1 heterocycles. The van der Waals surface area contributed by atoms with Crippen LogP contribution in [0.15, 0.2) is 30.3 Å². The Balaban J connectivity index is 1.89. The van der Waals surface area contributed by atoms with Gasteiger partial charge in [0, 0.05) is 30.3 Å². The van der Waals surface area contributed by atoms with E-state index < -0.39 is 0 Å². The van der Waals surface area contributed by atoms with E-state index in [0.717, 1.165) is 19.6 Å². The second kappa shape index (κ2) is 6.03. The molecule has 1 aromatic carbocycles. The summed E-state index contributed by atoms with van der Waals surface area (Å²) < 4.78 is 0. The number of aromatic amines is 1. The molecule has 0 amide bonds. The topological polar surface area (TPSA) is 31.1 Å². The zero-order valence-electron chi connectivity index (χ0n) is 11.5. The maximum atomic E-state index is 3.55. The van der Waals surface area contributed by atoms with Gasteiger partial charge in [-0.3, -0.25) is 0 Å². The summed E-state index contributed by atoms with van der Waals surface area (Å²) >= 11 is 0. The highest BCUT2D eigenvalue weighted by Crippen LogP contribution is 2.14. The Morgan fingerprint density at radius 3 is 2.83 bits per heavy atom. The molecule has 18 heavy (non-hydrogen) atoms. The smallest absolute Gasteiger partial charge is 0.0456 e. The molecule has 0 saturated heterocycles. The maximum Gasteiger partial charge on any atom is 0.0456 e. The van der Waals surface area contributed by atoms with Gasteiger partial charge in [-0.1, -0.05) is 25.1 Å². The van der Waals surface area contributed by atoms with E-state index in [1.54, 1.807) is 0 Å². The third-order valence-corrected chi connectivity index (χ3v) is 3.35. The molecule has 0 radical (unpaired) electrons. The first-order chi connectivity index (χ1) is 8.69. The predicted octanol–water partition coefficient (Wildman–Crippen LogP) is 2.60. The van der Waals surface area contributed by atoms with Gasteiger partial charge in [-0.2, -0.15) is 0 Å². The van der Waals surface area contributed by atoms with Gasteiger partial charge < -0.3 is 15.2 Å². The molecule has 0 spiro atoms. The Morgan fingerprint density at radius 2 is 2.11 bits per heavy atom. The lowest BCUT2D eigenvalue weighted by molar-refractivity contribution is 0.309. The van der Waals surface area contributed by atoms with Crippen molar-refractivity contribution in [3.8, 4) is 0 Å². The van der Waals surface area contributed by atoms with Crippen LogP contribution in [0.2, 0.25) is 0 Å². The molecule has 0 aliphatic rings. The van der Waals surface area contributed by atoms with E-state index in [2.05, 4.69) is 66.4 Å². The Bertz CT molecular complexity index is 456. The standard InChI is InChI=1S/C15H23N3/c1-4-18(3)11-12(2)16-10-14-9-13-7-5-6-8-15(13)17-14/h5-9,12,16-17H,4,10-11H2,1-3H3. The van der Waals surface area contributed by atoms with Crippen molar-refractivity contribution in [3.63, 3.8) is 0 Å². The zero-order valence-corrected chi connectivity index (χ0v) is 11.5. The Morgan fingerprint density at radius 1 is 1.33 bits per heavy atom. The summed E-state index contributed by atoms with van der Waals surface area (Å²) in [6.45, 7) is 7.49. The van der Waals surface area contributed by atoms with Gasteiger partial charge in [0.1, 0.15) is 0 Å². The van der Waals surface area contributed by atoms with Gasteiger partial charge in [0.05, 0.1) is 0 Å². The fourth-order valence-corrected chi connectivity index (χ4v) is 2.17. The summed E-state index contributed by atoms with van der Waals surface area (Å²) in [5.41, 5.74) is 2.47. The van der Waals surface area contributed by atoms with Gasteiger partial charge in [-0.05, 0) is 38.0 Å². The minimum atomic E-state index is 0.501. The average molecular weight is 245 g/mol. The summed E-state index contributed by atoms with van der Waals surface area (Å²) in [4.78, 5) is 5.76. The fraction of sp³-hybridized carbons (Fsp3) is 0.467. The van der Waals surface area contributed by atoms with Crippen molar-refractivity contribution < 1.29 is 0 Å². The summed E-state index contributed by atoms with van der Waals surface area (Å²) in [6, 6.07) is 11.1. The van der Waals surface area contributed by atoms with E-state index in [0.29, 0.717) is 6.04 Å². The molecule has 0 aliphatic carbocycles. The molecule has 3 heteroatoms. The van der Waals surface area contributed by atoms with Crippen LogP contribution in [0.3, 0.4) is 0 Å². The van der Waals surface area contributed by atoms with E-state index in [1.807, 2.05) is 0 Å². The highest BCUT2D eigenvalue weighted by Gasteiger charge is 2.05. The molecule has 1 aromatic heterocycles.